The molecule has 1 rings (SSSR count). The summed E-state index contributed by atoms with van der Waals surface area (Å²) in [7, 11) is 0. The minimum atomic E-state index is -0.525. The zero-order valence-corrected chi connectivity index (χ0v) is 10.8. The Kier molecular flexibility index (Phi) is 4.03. The molecule has 1 aromatic heterocycles. The minimum Gasteiger partial charge on any atom is -0.444 e. The van der Waals surface area contributed by atoms with Crippen LogP contribution in [-0.4, -0.2) is 32.3 Å². The van der Waals surface area contributed by atoms with E-state index in [1.165, 1.54) is 0 Å². The summed E-state index contributed by atoms with van der Waals surface area (Å²) in [5.74, 6) is 0.589. The first-order valence-corrected chi connectivity index (χ1v) is 5.52. The van der Waals surface area contributed by atoms with Gasteiger partial charge >= 0.3 is 6.09 Å². The highest BCUT2D eigenvalue weighted by atomic mass is 16.6. The molecule has 7 heteroatoms. The van der Waals surface area contributed by atoms with Crippen molar-refractivity contribution in [3.63, 3.8) is 0 Å². The molecular weight excluding hydrogens is 222 g/mol. The second kappa shape index (κ2) is 5.11. The number of carbonyl (C=O) groups excluding carboxylic acids is 1. The van der Waals surface area contributed by atoms with Gasteiger partial charge in [0.1, 0.15) is 5.60 Å². The van der Waals surface area contributed by atoms with Gasteiger partial charge in [0.15, 0.2) is 5.82 Å². The zero-order chi connectivity index (χ0) is 13.1. The maximum absolute atomic E-state index is 11.6. The molecule has 0 fully saturated rings. The second-order valence-corrected chi connectivity index (χ2v) is 5.14. The lowest BCUT2D eigenvalue weighted by Gasteiger charge is -2.23. The summed E-state index contributed by atoms with van der Waals surface area (Å²) < 4.78 is 5.18. The van der Waals surface area contributed by atoms with Crippen molar-refractivity contribution in [2.45, 2.75) is 46.3 Å². The summed E-state index contributed by atoms with van der Waals surface area (Å²) in [6.07, 6.45) is -0.485. The van der Waals surface area contributed by atoms with Crippen LogP contribution in [0.1, 0.15) is 46.5 Å². The van der Waals surface area contributed by atoms with Gasteiger partial charge in [0.25, 0.3) is 0 Å². The van der Waals surface area contributed by atoms with E-state index in [9.17, 15) is 4.79 Å². The first-order valence-electron chi connectivity index (χ1n) is 5.52. The maximum atomic E-state index is 11.6. The monoisotopic (exact) mass is 241 g/mol. The predicted molar refractivity (Wildman–Crippen MR) is 61.1 cm³/mol. The van der Waals surface area contributed by atoms with Crippen LogP contribution in [0.4, 0.5) is 4.79 Å². The molecule has 17 heavy (non-hydrogen) atoms. The number of aromatic nitrogens is 4. The van der Waals surface area contributed by atoms with Gasteiger partial charge in [0.05, 0.1) is 6.04 Å². The zero-order valence-electron chi connectivity index (χ0n) is 10.8. The molecule has 1 amide bonds. The summed E-state index contributed by atoms with van der Waals surface area (Å²) in [6.45, 7) is 9.35. The Labute approximate surface area is 100 Å². The van der Waals surface area contributed by atoms with Crippen molar-refractivity contribution in [1.82, 2.24) is 25.9 Å². The lowest BCUT2D eigenvalue weighted by atomic mass is 10.0. The first-order chi connectivity index (χ1) is 7.79. The third-order valence-electron chi connectivity index (χ3n) is 1.98. The van der Waals surface area contributed by atoms with E-state index in [2.05, 4.69) is 25.9 Å². The number of carbonyl (C=O) groups is 1. The van der Waals surface area contributed by atoms with Crippen LogP contribution in [-0.2, 0) is 4.74 Å². The highest BCUT2D eigenvalue weighted by Gasteiger charge is 2.25. The molecule has 1 heterocycles. The van der Waals surface area contributed by atoms with E-state index in [-0.39, 0.29) is 12.0 Å². The SMILES string of the molecule is CC(C)C(NC(=O)OC(C)(C)C)c1nn[nH]n1. The van der Waals surface area contributed by atoms with Crippen molar-refractivity contribution >= 4 is 6.09 Å². The summed E-state index contributed by atoms with van der Waals surface area (Å²) in [5, 5.41) is 16.3. The molecule has 0 aliphatic carbocycles. The highest BCUT2D eigenvalue weighted by molar-refractivity contribution is 5.68. The Morgan fingerprint density at radius 1 is 1.41 bits per heavy atom. The highest BCUT2D eigenvalue weighted by Crippen LogP contribution is 2.18. The molecule has 1 atom stereocenters. The molecule has 0 aromatic carbocycles. The maximum Gasteiger partial charge on any atom is 0.408 e. The van der Waals surface area contributed by atoms with E-state index >= 15 is 0 Å². The number of rotatable bonds is 3. The van der Waals surface area contributed by atoms with Crippen LogP contribution < -0.4 is 5.32 Å². The fourth-order valence-electron chi connectivity index (χ4n) is 1.27. The normalized spacial score (nSPS) is 13.5. The van der Waals surface area contributed by atoms with Gasteiger partial charge in [0.2, 0.25) is 0 Å². The Morgan fingerprint density at radius 3 is 2.47 bits per heavy atom. The van der Waals surface area contributed by atoms with Gasteiger partial charge in [0, 0.05) is 0 Å². The number of aromatic amines is 1. The summed E-state index contributed by atoms with van der Waals surface area (Å²) in [6, 6.07) is -0.316. The molecule has 0 saturated carbocycles. The number of hydrogen-bond donors (Lipinski definition) is 2. The standard InChI is InChI=1S/C10H19N5O2/c1-6(2)7(8-12-14-15-13-8)11-9(16)17-10(3,4)5/h6-7H,1-5H3,(H,11,16)(H,12,13,14,15). The van der Waals surface area contributed by atoms with Gasteiger partial charge in [-0.1, -0.05) is 19.1 Å². The third-order valence-corrected chi connectivity index (χ3v) is 1.98. The molecule has 0 radical (unpaired) electrons. The molecule has 96 valence electrons. The number of nitrogens with one attached hydrogen (secondary N) is 2. The van der Waals surface area contributed by atoms with E-state index in [4.69, 9.17) is 4.74 Å². The minimum absolute atomic E-state index is 0.139. The van der Waals surface area contributed by atoms with E-state index < -0.39 is 11.7 Å². The fraction of sp³-hybridized carbons (Fsp3) is 0.800. The molecule has 0 aliphatic rings. The predicted octanol–water partition coefficient (Wildman–Crippen LogP) is 1.42. The van der Waals surface area contributed by atoms with Crippen molar-refractivity contribution in [3.05, 3.63) is 5.82 Å². The number of tetrazole rings is 1. The van der Waals surface area contributed by atoms with Crippen molar-refractivity contribution in [3.8, 4) is 0 Å². The van der Waals surface area contributed by atoms with Crippen LogP contribution in [0.25, 0.3) is 0 Å². The van der Waals surface area contributed by atoms with Crippen molar-refractivity contribution in [2.75, 3.05) is 0 Å². The van der Waals surface area contributed by atoms with Crippen molar-refractivity contribution < 1.29 is 9.53 Å². The Hall–Kier alpha value is -1.66. The molecule has 0 aliphatic heterocycles. The molecule has 1 aromatic rings. The quantitative estimate of drug-likeness (QED) is 0.834. The van der Waals surface area contributed by atoms with Crippen LogP contribution in [0.2, 0.25) is 0 Å². The molecule has 0 spiro atoms. The smallest absolute Gasteiger partial charge is 0.408 e. The molecule has 0 bridgehead atoms. The van der Waals surface area contributed by atoms with E-state index in [1.54, 1.807) is 0 Å². The average Bonchev–Trinajstić information content (AvgIpc) is 2.63. The number of H-pyrrole nitrogens is 1. The van der Waals surface area contributed by atoms with Crippen LogP contribution in [0, 0.1) is 5.92 Å². The van der Waals surface area contributed by atoms with E-state index in [0.717, 1.165) is 0 Å². The van der Waals surface area contributed by atoms with Gasteiger partial charge in [-0.15, -0.1) is 10.2 Å². The van der Waals surface area contributed by atoms with Gasteiger partial charge < -0.3 is 10.1 Å². The van der Waals surface area contributed by atoms with Gasteiger partial charge in [-0.25, -0.2) is 4.79 Å². The van der Waals surface area contributed by atoms with Gasteiger partial charge in [-0.05, 0) is 26.7 Å². The lowest BCUT2D eigenvalue weighted by Crippen LogP contribution is -2.37. The summed E-state index contributed by atoms with van der Waals surface area (Å²) in [5.41, 5.74) is -0.525. The second-order valence-electron chi connectivity index (χ2n) is 5.14. The Bertz CT molecular complexity index is 355. The van der Waals surface area contributed by atoms with Gasteiger partial charge in [-0.2, -0.15) is 5.21 Å². The van der Waals surface area contributed by atoms with Crippen LogP contribution in [0.5, 0.6) is 0 Å². The van der Waals surface area contributed by atoms with Crippen LogP contribution in [0.3, 0.4) is 0 Å². The molecule has 2 N–H and O–H groups in total. The summed E-state index contributed by atoms with van der Waals surface area (Å²) >= 11 is 0. The van der Waals surface area contributed by atoms with Crippen LogP contribution >= 0.6 is 0 Å². The van der Waals surface area contributed by atoms with Gasteiger partial charge in [-0.3, -0.25) is 0 Å². The largest absolute Gasteiger partial charge is 0.444 e. The molecule has 0 saturated heterocycles. The number of hydrogen-bond acceptors (Lipinski definition) is 5. The van der Waals surface area contributed by atoms with Crippen molar-refractivity contribution in [2.24, 2.45) is 5.92 Å². The molecule has 7 nitrogen and oxygen atoms in total. The Balaban J connectivity index is 2.66. The molecule has 1 unspecified atom stereocenters. The number of alkyl carbamates (subject to hydrolysis) is 1. The van der Waals surface area contributed by atoms with Crippen LogP contribution in [0.15, 0.2) is 0 Å². The fourth-order valence-corrected chi connectivity index (χ4v) is 1.27. The average molecular weight is 241 g/mol. The lowest BCUT2D eigenvalue weighted by molar-refractivity contribution is 0.0486. The topological polar surface area (TPSA) is 92.8 Å². The number of amides is 1. The van der Waals surface area contributed by atoms with Crippen molar-refractivity contribution in [1.29, 1.82) is 0 Å². The summed E-state index contributed by atoms with van der Waals surface area (Å²) in [4.78, 5) is 11.6. The number of nitrogens with zero attached hydrogens (tertiary/aromatic N) is 3. The van der Waals surface area contributed by atoms with E-state index in [1.807, 2.05) is 34.6 Å². The molecular formula is C10H19N5O2. The Morgan fingerprint density at radius 2 is 2.06 bits per heavy atom. The third kappa shape index (κ3) is 4.38. The van der Waals surface area contributed by atoms with E-state index in [0.29, 0.717) is 5.82 Å². The first kappa shape index (κ1) is 13.4. The number of ether oxygens (including phenoxy) is 1.